The summed E-state index contributed by atoms with van der Waals surface area (Å²) in [7, 11) is 1.11. The summed E-state index contributed by atoms with van der Waals surface area (Å²) in [6.07, 6.45) is -7.64. The minimum atomic E-state index is -1.61. The summed E-state index contributed by atoms with van der Waals surface area (Å²) in [5, 5.41) is 0. The number of ether oxygens (including phenoxy) is 8. The van der Waals surface area contributed by atoms with Crippen LogP contribution in [0.5, 0.6) is 17.2 Å². The van der Waals surface area contributed by atoms with Gasteiger partial charge in [0.05, 0.1) is 7.11 Å². The van der Waals surface area contributed by atoms with Crippen molar-refractivity contribution in [2.45, 2.75) is 64.7 Å². The molecule has 238 valence electrons. The van der Waals surface area contributed by atoms with E-state index in [4.69, 9.17) is 37.9 Å². The number of carbonyl (C=O) groups is 4. The molecule has 0 amide bonds. The molecule has 1 heterocycles. The molecule has 0 bridgehead atoms. The third kappa shape index (κ3) is 9.44. The standard InChI is InChI=1S/C33H34O12/c1-20(34)41-28-29(42-21(2)35)31(43-22(3)36)33(45-30(28)32(37)38-4)44-27-16-25(39-18-23-11-7-5-8-12-23)15-26(17-27)40-19-24-13-9-6-10-14-24/h5-17,28-31,33H,18-19H2,1-4H3/t28-,29-,30-,31+,33+/m0/s1. The van der Waals surface area contributed by atoms with Crippen LogP contribution in [0, 0.1) is 0 Å². The van der Waals surface area contributed by atoms with Gasteiger partial charge in [0.1, 0.15) is 30.5 Å². The van der Waals surface area contributed by atoms with E-state index in [2.05, 4.69) is 0 Å². The lowest BCUT2D eigenvalue weighted by atomic mass is 9.97. The van der Waals surface area contributed by atoms with Crippen molar-refractivity contribution in [1.82, 2.24) is 0 Å². The third-order valence-electron chi connectivity index (χ3n) is 6.44. The number of hydrogen-bond donors (Lipinski definition) is 0. The number of hydrogen-bond acceptors (Lipinski definition) is 12. The highest BCUT2D eigenvalue weighted by Crippen LogP contribution is 2.34. The van der Waals surface area contributed by atoms with Crippen LogP contribution in [0.15, 0.2) is 78.9 Å². The van der Waals surface area contributed by atoms with Crippen LogP contribution in [0.4, 0.5) is 0 Å². The zero-order valence-electron chi connectivity index (χ0n) is 25.2. The molecule has 5 atom stereocenters. The lowest BCUT2D eigenvalue weighted by Crippen LogP contribution is -2.64. The summed E-state index contributed by atoms with van der Waals surface area (Å²) < 4.78 is 45.2. The molecule has 12 heteroatoms. The highest BCUT2D eigenvalue weighted by Gasteiger charge is 2.55. The predicted molar refractivity (Wildman–Crippen MR) is 156 cm³/mol. The van der Waals surface area contributed by atoms with E-state index in [-0.39, 0.29) is 19.0 Å². The third-order valence-corrected chi connectivity index (χ3v) is 6.44. The maximum absolute atomic E-state index is 12.8. The second-order valence-electron chi connectivity index (χ2n) is 9.98. The summed E-state index contributed by atoms with van der Waals surface area (Å²) in [5.74, 6) is -2.44. The first-order valence-corrected chi connectivity index (χ1v) is 14.0. The normalized spacial score (nSPS) is 20.7. The first kappa shape index (κ1) is 32.8. The number of carbonyl (C=O) groups excluding carboxylic acids is 4. The highest BCUT2D eigenvalue weighted by molar-refractivity contribution is 5.77. The molecule has 0 N–H and O–H groups in total. The molecule has 1 aliphatic heterocycles. The van der Waals surface area contributed by atoms with Crippen LogP contribution in [-0.2, 0) is 56.1 Å². The Morgan fingerprint density at radius 1 is 0.622 bits per heavy atom. The molecule has 1 aliphatic rings. The van der Waals surface area contributed by atoms with E-state index in [0.717, 1.165) is 39.0 Å². The first-order chi connectivity index (χ1) is 21.6. The number of benzene rings is 3. The van der Waals surface area contributed by atoms with Gasteiger partial charge in [0.25, 0.3) is 0 Å². The molecule has 4 rings (SSSR count). The van der Waals surface area contributed by atoms with Crippen molar-refractivity contribution in [2.24, 2.45) is 0 Å². The van der Waals surface area contributed by atoms with Gasteiger partial charge in [-0.1, -0.05) is 60.7 Å². The molecule has 12 nitrogen and oxygen atoms in total. The van der Waals surface area contributed by atoms with Crippen molar-refractivity contribution >= 4 is 23.9 Å². The second-order valence-corrected chi connectivity index (χ2v) is 9.98. The number of methoxy groups -OCH3 is 1. The van der Waals surface area contributed by atoms with Crippen LogP contribution < -0.4 is 14.2 Å². The Kier molecular flexibility index (Phi) is 11.4. The van der Waals surface area contributed by atoms with Crippen molar-refractivity contribution in [3.8, 4) is 17.2 Å². The van der Waals surface area contributed by atoms with Crippen molar-refractivity contribution in [3.05, 3.63) is 90.0 Å². The van der Waals surface area contributed by atoms with Gasteiger partial charge in [-0.15, -0.1) is 0 Å². The van der Waals surface area contributed by atoms with Crippen LogP contribution in [0.3, 0.4) is 0 Å². The van der Waals surface area contributed by atoms with Crippen LogP contribution in [0.25, 0.3) is 0 Å². The van der Waals surface area contributed by atoms with E-state index in [9.17, 15) is 19.2 Å². The molecule has 0 spiro atoms. The minimum absolute atomic E-state index is 0.141. The van der Waals surface area contributed by atoms with Gasteiger partial charge >= 0.3 is 23.9 Å². The molecule has 1 fully saturated rings. The highest BCUT2D eigenvalue weighted by atomic mass is 16.7. The van der Waals surface area contributed by atoms with Gasteiger partial charge in [-0.25, -0.2) is 4.79 Å². The first-order valence-electron chi connectivity index (χ1n) is 14.0. The molecular weight excluding hydrogens is 588 g/mol. The Labute approximate surface area is 260 Å². The Bertz CT molecular complexity index is 1400. The topological polar surface area (TPSA) is 142 Å². The van der Waals surface area contributed by atoms with Gasteiger partial charge in [-0.3, -0.25) is 14.4 Å². The van der Waals surface area contributed by atoms with Crippen LogP contribution in [-0.4, -0.2) is 61.7 Å². The van der Waals surface area contributed by atoms with E-state index < -0.39 is 54.6 Å². The molecule has 0 saturated carbocycles. The van der Waals surface area contributed by atoms with E-state index >= 15 is 0 Å². The van der Waals surface area contributed by atoms with Crippen molar-refractivity contribution in [3.63, 3.8) is 0 Å². The zero-order chi connectivity index (χ0) is 32.3. The van der Waals surface area contributed by atoms with Crippen molar-refractivity contribution in [1.29, 1.82) is 0 Å². The van der Waals surface area contributed by atoms with E-state index in [1.54, 1.807) is 18.2 Å². The summed E-state index contributed by atoms with van der Waals surface area (Å²) in [6, 6.07) is 23.8. The van der Waals surface area contributed by atoms with Crippen LogP contribution in [0.2, 0.25) is 0 Å². The summed E-state index contributed by atoms with van der Waals surface area (Å²) in [4.78, 5) is 49.0. The molecule has 0 aromatic heterocycles. The summed E-state index contributed by atoms with van der Waals surface area (Å²) in [6.45, 7) is 3.81. The fourth-order valence-electron chi connectivity index (χ4n) is 4.57. The molecule has 0 unspecified atom stereocenters. The molecule has 1 saturated heterocycles. The minimum Gasteiger partial charge on any atom is -0.489 e. The molecule has 45 heavy (non-hydrogen) atoms. The number of esters is 4. The largest absolute Gasteiger partial charge is 0.489 e. The van der Waals surface area contributed by atoms with Gasteiger partial charge in [0.15, 0.2) is 18.3 Å². The molecular formula is C33H34O12. The van der Waals surface area contributed by atoms with Gasteiger partial charge < -0.3 is 37.9 Å². The Balaban J connectivity index is 1.69. The lowest BCUT2D eigenvalue weighted by Gasteiger charge is -2.43. The zero-order valence-corrected chi connectivity index (χ0v) is 25.2. The molecule has 0 aliphatic carbocycles. The van der Waals surface area contributed by atoms with E-state index in [1.807, 2.05) is 60.7 Å². The molecule has 3 aromatic carbocycles. The van der Waals surface area contributed by atoms with Gasteiger partial charge in [-0.2, -0.15) is 0 Å². The maximum atomic E-state index is 12.8. The summed E-state index contributed by atoms with van der Waals surface area (Å²) >= 11 is 0. The average Bonchev–Trinajstić information content (AvgIpc) is 3.01. The second kappa shape index (κ2) is 15.6. The lowest BCUT2D eigenvalue weighted by molar-refractivity contribution is -0.282. The Morgan fingerprint density at radius 2 is 1.07 bits per heavy atom. The van der Waals surface area contributed by atoms with Gasteiger partial charge in [0, 0.05) is 39.0 Å². The van der Waals surface area contributed by atoms with E-state index in [0.29, 0.717) is 11.5 Å². The van der Waals surface area contributed by atoms with Crippen LogP contribution in [0.1, 0.15) is 31.9 Å². The van der Waals surface area contributed by atoms with Crippen molar-refractivity contribution in [2.75, 3.05) is 7.11 Å². The van der Waals surface area contributed by atoms with Crippen LogP contribution >= 0.6 is 0 Å². The summed E-state index contributed by atoms with van der Waals surface area (Å²) in [5.41, 5.74) is 1.84. The quantitative estimate of drug-likeness (QED) is 0.213. The van der Waals surface area contributed by atoms with Crippen molar-refractivity contribution < 1.29 is 57.1 Å². The maximum Gasteiger partial charge on any atom is 0.339 e. The smallest absolute Gasteiger partial charge is 0.339 e. The monoisotopic (exact) mass is 622 g/mol. The molecule has 0 radical (unpaired) electrons. The fourth-order valence-corrected chi connectivity index (χ4v) is 4.57. The predicted octanol–water partition coefficient (Wildman–Crippen LogP) is 3.92. The SMILES string of the molecule is COC(=O)[C@H]1O[C@@H](Oc2cc(OCc3ccccc3)cc(OCc3ccccc3)c2)[C@H](OC(C)=O)[C@@H](OC(C)=O)[C@@H]1OC(C)=O. The molecule has 3 aromatic rings. The Morgan fingerprint density at radius 3 is 1.53 bits per heavy atom. The number of rotatable bonds is 12. The fraction of sp³-hybridized carbons (Fsp3) is 0.333. The van der Waals surface area contributed by atoms with Gasteiger partial charge in [-0.05, 0) is 11.1 Å². The van der Waals surface area contributed by atoms with Gasteiger partial charge in [0.2, 0.25) is 12.4 Å². The van der Waals surface area contributed by atoms with E-state index in [1.165, 1.54) is 0 Å². The average molecular weight is 623 g/mol. The Hall–Kier alpha value is -5.10.